The van der Waals surface area contributed by atoms with Crippen molar-refractivity contribution in [3.05, 3.63) is 66.0 Å². The van der Waals surface area contributed by atoms with Crippen molar-refractivity contribution < 1.29 is 27.4 Å². The number of hydrogen-bond acceptors (Lipinski definition) is 6. The van der Waals surface area contributed by atoms with Crippen LogP contribution in [0.4, 0.5) is 18.9 Å². The highest BCUT2D eigenvalue weighted by Crippen LogP contribution is 2.43. The van der Waals surface area contributed by atoms with Gasteiger partial charge >= 0.3 is 6.18 Å². The van der Waals surface area contributed by atoms with E-state index in [1.54, 1.807) is 22.8 Å². The van der Waals surface area contributed by atoms with E-state index in [-0.39, 0.29) is 30.0 Å². The van der Waals surface area contributed by atoms with Crippen molar-refractivity contribution >= 4 is 24.8 Å². The molecule has 4 rings (SSSR count). The van der Waals surface area contributed by atoms with E-state index in [2.05, 4.69) is 30.7 Å². The molecule has 41 heavy (non-hydrogen) atoms. The van der Waals surface area contributed by atoms with Crippen molar-refractivity contribution in [1.29, 1.82) is 5.26 Å². The van der Waals surface area contributed by atoms with Gasteiger partial charge in [0.15, 0.2) is 0 Å². The number of rotatable bonds is 10. The third-order valence-corrected chi connectivity index (χ3v) is 7.95. The molecule has 2 aromatic heterocycles. The first kappa shape index (κ1) is 30.0. The molecule has 0 radical (unpaired) electrons. The number of fused-ring (bicyclic) bond motifs is 1. The highest BCUT2D eigenvalue weighted by atomic mass is 28.3. The summed E-state index contributed by atoms with van der Waals surface area (Å²) in [4.78, 5) is 4.52. The molecule has 0 atom stereocenters. The van der Waals surface area contributed by atoms with Gasteiger partial charge in [0.1, 0.15) is 41.3 Å². The van der Waals surface area contributed by atoms with E-state index in [4.69, 9.17) is 19.9 Å². The molecule has 0 aliphatic carbocycles. The standard InChI is InChI=1S/C30H33F3N4O3Si/c1-19(2)39-25-8-6-20(14-21(25)16-34)23-17-37(18-38-12-13-41(3,4)5)29-28(23)27(10-11-36-29)40-26-9-7-22(35)15-24(26)30(31,32)33/h6-11,14-15,17,19H,12-13,18,35H2,1-5H3. The molecule has 0 saturated carbocycles. The number of nitrogens with two attached hydrogens (primary N) is 1. The Morgan fingerprint density at radius 2 is 1.78 bits per heavy atom. The number of ether oxygens (including phenoxy) is 3. The van der Waals surface area contributed by atoms with Gasteiger partial charge in [0.05, 0.1) is 17.1 Å². The number of nitriles is 1. The largest absolute Gasteiger partial charge is 0.490 e. The number of nitrogen functional groups attached to an aromatic ring is 1. The first-order chi connectivity index (χ1) is 19.3. The van der Waals surface area contributed by atoms with Crippen molar-refractivity contribution in [3.8, 4) is 34.4 Å². The fourth-order valence-corrected chi connectivity index (χ4v) is 5.00. The first-order valence-corrected chi connectivity index (χ1v) is 16.9. The second kappa shape index (κ2) is 11.8. The third-order valence-electron chi connectivity index (χ3n) is 6.25. The minimum atomic E-state index is -4.68. The third kappa shape index (κ3) is 7.20. The number of hydrogen-bond donors (Lipinski definition) is 1. The summed E-state index contributed by atoms with van der Waals surface area (Å²) in [6.07, 6.45) is -1.52. The zero-order valence-electron chi connectivity index (χ0n) is 23.7. The summed E-state index contributed by atoms with van der Waals surface area (Å²) < 4.78 is 61.0. The molecule has 0 saturated heterocycles. The van der Waals surface area contributed by atoms with Gasteiger partial charge in [0.2, 0.25) is 0 Å². The van der Waals surface area contributed by atoms with Crippen LogP contribution in [0.5, 0.6) is 17.2 Å². The van der Waals surface area contributed by atoms with Crippen LogP contribution in [0.1, 0.15) is 25.0 Å². The normalized spacial score (nSPS) is 12.1. The minimum absolute atomic E-state index is 0.0281. The maximum Gasteiger partial charge on any atom is 0.420 e. The second-order valence-electron chi connectivity index (χ2n) is 11.2. The molecule has 4 aromatic rings. The van der Waals surface area contributed by atoms with E-state index >= 15 is 0 Å². The van der Waals surface area contributed by atoms with Crippen LogP contribution in [-0.2, 0) is 17.6 Å². The molecule has 0 spiro atoms. The number of alkyl halides is 3. The lowest BCUT2D eigenvalue weighted by Crippen LogP contribution is -2.22. The van der Waals surface area contributed by atoms with E-state index in [1.807, 2.05) is 20.0 Å². The maximum atomic E-state index is 13.9. The Morgan fingerprint density at radius 1 is 1.05 bits per heavy atom. The van der Waals surface area contributed by atoms with E-state index in [0.29, 0.717) is 40.1 Å². The summed E-state index contributed by atoms with van der Waals surface area (Å²) >= 11 is 0. The molecule has 2 heterocycles. The summed E-state index contributed by atoms with van der Waals surface area (Å²) in [6, 6.07) is 13.2. The van der Waals surface area contributed by atoms with E-state index in [1.165, 1.54) is 24.4 Å². The lowest BCUT2D eigenvalue weighted by Gasteiger charge is -2.16. The average Bonchev–Trinajstić information content (AvgIpc) is 3.26. The monoisotopic (exact) mass is 582 g/mol. The van der Waals surface area contributed by atoms with Crippen molar-refractivity contribution in [2.24, 2.45) is 0 Å². The Hall–Kier alpha value is -4.01. The lowest BCUT2D eigenvalue weighted by atomic mass is 10.0. The fourth-order valence-electron chi connectivity index (χ4n) is 4.25. The summed E-state index contributed by atoms with van der Waals surface area (Å²) in [7, 11) is -1.31. The number of halogens is 3. The van der Waals surface area contributed by atoms with Gasteiger partial charge in [0.25, 0.3) is 0 Å². The topological polar surface area (TPSA) is 95.3 Å². The second-order valence-corrected chi connectivity index (χ2v) is 16.8. The predicted octanol–water partition coefficient (Wildman–Crippen LogP) is 8.07. The Bertz CT molecular complexity index is 1590. The molecule has 2 N–H and O–H groups in total. The van der Waals surface area contributed by atoms with Crippen LogP contribution >= 0.6 is 0 Å². The summed E-state index contributed by atoms with van der Waals surface area (Å²) in [5.41, 5.74) is 6.70. The molecule has 0 bridgehead atoms. The van der Waals surface area contributed by atoms with Gasteiger partial charge in [-0.2, -0.15) is 18.4 Å². The molecular weight excluding hydrogens is 549 g/mol. The summed E-state index contributed by atoms with van der Waals surface area (Å²) in [5.74, 6) is 0.223. The molecule has 0 amide bonds. The Kier molecular flexibility index (Phi) is 8.65. The molecule has 2 aromatic carbocycles. The average molecular weight is 583 g/mol. The molecule has 11 heteroatoms. The smallest absolute Gasteiger partial charge is 0.420 e. The first-order valence-electron chi connectivity index (χ1n) is 13.2. The van der Waals surface area contributed by atoms with Gasteiger partial charge in [-0.25, -0.2) is 4.98 Å². The van der Waals surface area contributed by atoms with Crippen molar-refractivity contribution in [3.63, 3.8) is 0 Å². The van der Waals surface area contributed by atoms with Crippen LogP contribution in [0.25, 0.3) is 22.2 Å². The van der Waals surface area contributed by atoms with Gasteiger partial charge in [-0.05, 0) is 61.9 Å². The Labute approximate surface area is 238 Å². The molecule has 7 nitrogen and oxygen atoms in total. The van der Waals surface area contributed by atoms with Crippen molar-refractivity contribution in [2.75, 3.05) is 12.3 Å². The Balaban J connectivity index is 1.84. The van der Waals surface area contributed by atoms with Crippen LogP contribution in [0, 0.1) is 11.3 Å². The number of nitrogens with zero attached hydrogens (tertiary/aromatic N) is 3. The number of aromatic nitrogens is 2. The SMILES string of the molecule is CC(C)Oc1ccc(-c2cn(COCC[Si](C)(C)C)c3nccc(Oc4ccc(N)cc4C(F)(F)F)c23)cc1C#N. The van der Waals surface area contributed by atoms with Crippen LogP contribution < -0.4 is 15.2 Å². The van der Waals surface area contributed by atoms with Crippen LogP contribution in [0.3, 0.4) is 0 Å². The highest BCUT2D eigenvalue weighted by molar-refractivity contribution is 6.76. The fraction of sp³-hybridized carbons (Fsp3) is 0.333. The van der Waals surface area contributed by atoms with Crippen molar-refractivity contribution in [1.82, 2.24) is 9.55 Å². The number of benzene rings is 2. The molecule has 0 fully saturated rings. The lowest BCUT2D eigenvalue weighted by molar-refractivity contribution is -0.138. The van der Waals surface area contributed by atoms with Crippen LogP contribution in [0.2, 0.25) is 25.7 Å². The number of pyridine rings is 1. The van der Waals surface area contributed by atoms with Gasteiger partial charge < -0.3 is 24.5 Å². The summed E-state index contributed by atoms with van der Waals surface area (Å²) in [5, 5.41) is 10.3. The molecule has 0 unspecified atom stereocenters. The van der Waals surface area contributed by atoms with E-state index in [0.717, 1.165) is 12.1 Å². The quantitative estimate of drug-likeness (QED) is 0.115. The van der Waals surface area contributed by atoms with E-state index < -0.39 is 19.8 Å². The Morgan fingerprint density at radius 3 is 2.44 bits per heavy atom. The molecule has 216 valence electrons. The zero-order valence-corrected chi connectivity index (χ0v) is 24.7. The van der Waals surface area contributed by atoms with E-state index in [9.17, 15) is 18.4 Å². The predicted molar refractivity (Wildman–Crippen MR) is 156 cm³/mol. The minimum Gasteiger partial charge on any atom is -0.490 e. The highest BCUT2D eigenvalue weighted by Gasteiger charge is 2.35. The maximum absolute atomic E-state index is 13.9. The van der Waals surface area contributed by atoms with Gasteiger partial charge in [-0.3, -0.25) is 0 Å². The van der Waals surface area contributed by atoms with Gasteiger partial charge in [-0.1, -0.05) is 25.7 Å². The molecular formula is C30H33F3N4O3Si. The zero-order chi connectivity index (χ0) is 29.9. The molecule has 0 aliphatic heterocycles. The van der Waals surface area contributed by atoms with Crippen LogP contribution in [-0.4, -0.2) is 30.3 Å². The van der Waals surface area contributed by atoms with Crippen LogP contribution in [0.15, 0.2) is 54.9 Å². The molecule has 0 aliphatic rings. The summed E-state index contributed by atoms with van der Waals surface area (Å²) in [6.45, 7) is 11.3. The number of anilines is 1. The van der Waals surface area contributed by atoms with Gasteiger partial charge in [-0.15, -0.1) is 0 Å². The van der Waals surface area contributed by atoms with Gasteiger partial charge in [0, 0.05) is 38.3 Å². The van der Waals surface area contributed by atoms with Crippen molar-refractivity contribution in [2.45, 2.75) is 58.5 Å².